The number of amides is 2. The standard InChI is InChI=1S/C24H35N5O3/c30-23-4-1-3-21-20-13-18(16-29(21)23)15-28(17-20)22-6-5-19(14-26-22)24(31)25-7-2-8-27-9-11-32-12-10-27/h5-6,14,18,20-21H,1-4,7-13,15-17H2,(H,25,31)/t18-,20-,21-/m1/s1. The molecule has 0 aromatic carbocycles. The summed E-state index contributed by atoms with van der Waals surface area (Å²) < 4.78 is 5.37. The summed E-state index contributed by atoms with van der Waals surface area (Å²) in [5, 5.41) is 3.02. The van der Waals surface area contributed by atoms with Crippen molar-refractivity contribution in [3.63, 3.8) is 0 Å². The molecule has 1 aromatic rings. The Morgan fingerprint density at radius 1 is 1.19 bits per heavy atom. The van der Waals surface area contributed by atoms with Gasteiger partial charge in [0.05, 0.1) is 18.8 Å². The van der Waals surface area contributed by atoms with E-state index in [1.807, 2.05) is 12.1 Å². The van der Waals surface area contributed by atoms with E-state index in [4.69, 9.17) is 4.74 Å². The fraction of sp³-hybridized carbons (Fsp3) is 0.708. The lowest BCUT2D eigenvalue weighted by Crippen LogP contribution is -2.60. The van der Waals surface area contributed by atoms with Gasteiger partial charge >= 0.3 is 0 Å². The van der Waals surface area contributed by atoms with Crippen molar-refractivity contribution in [3.8, 4) is 0 Å². The molecule has 0 radical (unpaired) electrons. The van der Waals surface area contributed by atoms with Crippen LogP contribution in [0.1, 0.15) is 42.5 Å². The van der Waals surface area contributed by atoms with Gasteiger partial charge in [-0.05, 0) is 56.2 Å². The minimum Gasteiger partial charge on any atom is -0.379 e. The maximum Gasteiger partial charge on any atom is 0.252 e. The van der Waals surface area contributed by atoms with E-state index in [0.717, 1.165) is 84.0 Å². The number of nitrogens with one attached hydrogen (secondary N) is 1. The lowest BCUT2D eigenvalue weighted by molar-refractivity contribution is -0.142. The van der Waals surface area contributed by atoms with Gasteiger partial charge in [-0.3, -0.25) is 14.5 Å². The quantitative estimate of drug-likeness (QED) is 0.672. The fourth-order valence-corrected chi connectivity index (χ4v) is 5.94. The number of pyridine rings is 1. The van der Waals surface area contributed by atoms with Gasteiger partial charge in [-0.15, -0.1) is 0 Å². The molecule has 174 valence electrons. The van der Waals surface area contributed by atoms with Crippen molar-refractivity contribution in [2.24, 2.45) is 11.8 Å². The van der Waals surface area contributed by atoms with Gasteiger partial charge in [-0.25, -0.2) is 4.98 Å². The van der Waals surface area contributed by atoms with Crippen LogP contribution in [0.4, 0.5) is 5.82 Å². The molecule has 8 nitrogen and oxygen atoms in total. The first-order valence-electron chi connectivity index (χ1n) is 12.3. The first-order chi connectivity index (χ1) is 15.7. The van der Waals surface area contributed by atoms with Gasteiger partial charge in [-0.2, -0.15) is 0 Å². The number of fused-ring (bicyclic) bond motifs is 4. The van der Waals surface area contributed by atoms with Crippen molar-refractivity contribution in [1.82, 2.24) is 20.1 Å². The van der Waals surface area contributed by atoms with Gasteiger partial charge < -0.3 is 19.9 Å². The highest BCUT2D eigenvalue weighted by atomic mass is 16.5. The van der Waals surface area contributed by atoms with Crippen LogP contribution < -0.4 is 10.2 Å². The molecule has 2 amide bonds. The number of carbonyl (C=O) groups excluding carboxylic acids is 2. The number of hydrogen-bond acceptors (Lipinski definition) is 6. The second kappa shape index (κ2) is 9.75. The molecule has 4 aliphatic heterocycles. The highest BCUT2D eigenvalue weighted by Gasteiger charge is 2.44. The Bertz CT molecular complexity index is 810. The summed E-state index contributed by atoms with van der Waals surface area (Å²) >= 11 is 0. The van der Waals surface area contributed by atoms with Crippen LogP contribution in [0.5, 0.6) is 0 Å². The molecule has 0 unspecified atom stereocenters. The molecule has 0 aliphatic carbocycles. The van der Waals surface area contributed by atoms with Crippen molar-refractivity contribution in [3.05, 3.63) is 23.9 Å². The van der Waals surface area contributed by atoms with E-state index in [1.165, 1.54) is 6.42 Å². The van der Waals surface area contributed by atoms with Crippen LogP contribution in [0.25, 0.3) is 0 Å². The number of ether oxygens (including phenoxy) is 1. The van der Waals surface area contributed by atoms with E-state index in [9.17, 15) is 9.59 Å². The summed E-state index contributed by atoms with van der Waals surface area (Å²) in [6, 6.07) is 4.27. The summed E-state index contributed by atoms with van der Waals surface area (Å²) in [6.45, 7) is 8.00. The van der Waals surface area contributed by atoms with E-state index in [0.29, 0.717) is 35.9 Å². The average molecular weight is 442 g/mol. The topological polar surface area (TPSA) is 78.0 Å². The Balaban J connectivity index is 1.12. The van der Waals surface area contributed by atoms with Crippen molar-refractivity contribution in [2.75, 3.05) is 63.9 Å². The van der Waals surface area contributed by atoms with Crippen LogP contribution >= 0.6 is 0 Å². The molecule has 3 atom stereocenters. The van der Waals surface area contributed by atoms with Gasteiger partial charge in [0.2, 0.25) is 5.91 Å². The van der Waals surface area contributed by atoms with Gasteiger partial charge in [0, 0.05) is 57.9 Å². The molecule has 4 aliphatic rings. The van der Waals surface area contributed by atoms with Crippen LogP contribution in [-0.4, -0.2) is 91.7 Å². The van der Waals surface area contributed by atoms with Crippen molar-refractivity contribution < 1.29 is 14.3 Å². The molecule has 4 fully saturated rings. The monoisotopic (exact) mass is 441 g/mol. The molecular weight excluding hydrogens is 406 g/mol. The molecular formula is C24H35N5O3. The third-order valence-electron chi connectivity index (χ3n) is 7.55. The number of hydrogen-bond donors (Lipinski definition) is 1. The summed E-state index contributed by atoms with van der Waals surface area (Å²) in [5.41, 5.74) is 0.612. The Morgan fingerprint density at radius 3 is 2.88 bits per heavy atom. The minimum atomic E-state index is -0.0575. The number of aromatic nitrogens is 1. The molecule has 5 rings (SSSR count). The zero-order chi connectivity index (χ0) is 21.9. The van der Waals surface area contributed by atoms with Crippen LogP contribution in [0.15, 0.2) is 18.3 Å². The highest BCUT2D eigenvalue weighted by Crippen LogP contribution is 2.38. The molecule has 2 bridgehead atoms. The maximum absolute atomic E-state index is 12.5. The zero-order valence-corrected chi connectivity index (χ0v) is 18.9. The zero-order valence-electron chi connectivity index (χ0n) is 18.9. The molecule has 0 saturated carbocycles. The second-order valence-corrected chi connectivity index (χ2v) is 9.74. The average Bonchev–Trinajstić information content (AvgIpc) is 2.83. The molecule has 5 heterocycles. The Kier molecular flexibility index (Phi) is 6.59. The van der Waals surface area contributed by atoms with Crippen LogP contribution in [0.2, 0.25) is 0 Å². The summed E-state index contributed by atoms with van der Waals surface area (Å²) in [7, 11) is 0. The molecule has 4 saturated heterocycles. The maximum atomic E-state index is 12.5. The molecule has 8 heteroatoms. The Hall–Kier alpha value is -2.19. The molecule has 1 aromatic heterocycles. The minimum absolute atomic E-state index is 0.0575. The lowest BCUT2D eigenvalue weighted by Gasteiger charge is -2.52. The third kappa shape index (κ3) is 4.76. The summed E-state index contributed by atoms with van der Waals surface area (Å²) in [4.78, 5) is 36.4. The summed E-state index contributed by atoms with van der Waals surface area (Å²) in [6.07, 6.45) is 6.74. The SMILES string of the molecule is O=C(NCCCN1CCOCC1)c1ccc(N2C[C@H]3C[C@H](C2)[C@H]2CCCC(=O)N2C3)nc1. The Labute approximate surface area is 190 Å². The third-order valence-corrected chi connectivity index (χ3v) is 7.55. The number of nitrogens with zero attached hydrogens (tertiary/aromatic N) is 4. The van der Waals surface area contributed by atoms with Crippen molar-refractivity contribution in [2.45, 2.75) is 38.1 Å². The van der Waals surface area contributed by atoms with Crippen LogP contribution in [0.3, 0.4) is 0 Å². The first-order valence-corrected chi connectivity index (χ1v) is 12.3. The predicted molar refractivity (Wildman–Crippen MR) is 122 cm³/mol. The van der Waals surface area contributed by atoms with E-state index in [1.54, 1.807) is 6.20 Å². The van der Waals surface area contributed by atoms with Gasteiger partial charge in [-0.1, -0.05) is 0 Å². The largest absolute Gasteiger partial charge is 0.379 e. The fourth-order valence-electron chi connectivity index (χ4n) is 5.94. The smallest absolute Gasteiger partial charge is 0.252 e. The van der Waals surface area contributed by atoms with E-state index < -0.39 is 0 Å². The van der Waals surface area contributed by atoms with E-state index >= 15 is 0 Å². The predicted octanol–water partition coefficient (Wildman–Crippen LogP) is 1.37. The van der Waals surface area contributed by atoms with Crippen molar-refractivity contribution in [1.29, 1.82) is 0 Å². The van der Waals surface area contributed by atoms with Crippen molar-refractivity contribution >= 4 is 17.6 Å². The molecule has 1 N–H and O–H groups in total. The highest BCUT2D eigenvalue weighted by molar-refractivity contribution is 5.94. The first kappa shape index (κ1) is 21.6. The van der Waals surface area contributed by atoms with E-state index in [2.05, 4.69) is 25.0 Å². The normalized spacial score (nSPS) is 28.4. The number of anilines is 1. The Morgan fingerprint density at radius 2 is 2.06 bits per heavy atom. The second-order valence-electron chi connectivity index (χ2n) is 9.74. The van der Waals surface area contributed by atoms with Gasteiger partial charge in [0.25, 0.3) is 5.91 Å². The van der Waals surface area contributed by atoms with Gasteiger partial charge in [0.1, 0.15) is 5.82 Å². The number of morpholine rings is 1. The number of carbonyl (C=O) groups is 2. The number of rotatable bonds is 6. The van der Waals surface area contributed by atoms with Gasteiger partial charge in [0.15, 0.2) is 0 Å². The summed E-state index contributed by atoms with van der Waals surface area (Å²) in [5.74, 6) is 2.28. The van der Waals surface area contributed by atoms with Crippen LogP contribution in [-0.2, 0) is 9.53 Å². The van der Waals surface area contributed by atoms with E-state index in [-0.39, 0.29) is 5.91 Å². The molecule has 32 heavy (non-hydrogen) atoms. The lowest BCUT2D eigenvalue weighted by atomic mass is 9.76. The number of piperidine rings is 3. The molecule has 0 spiro atoms. The van der Waals surface area contributed by atoms with Crippen LogP contribution in [0, 0.1) is 11.8 Å².